The largest absolute Gasteiger partial charge is 0.338 e. The predicted octanol–water partition coefficient (Wildman–Crippen LogP) is 1.92. The maximum absolute atomic E-state index is 5.46. The Morgan fingerprint density at radius 2 is 1.94 bits per heavy atom. The minimum absolute atomic E-state index is 0.409. The van der Waals surface area contributed by atoms with Gasteiger partial charge in [0.05, 0.1) is 5.92 Å². The highest BCUT2D eigenvalue weighted by Gasteiger charge is 2.23. The zero-order valence-electron chi connectivity index (χ0n) is 10.9. The normalized spacial score (nSPS) is 26.0. The molecule has 2 fully saturated rings. The fraction of sp³-hybridized carbons (Fsp3) is 0.846. The molecule has 0 aromatic carbocycles. The SMILES string of the molecule is C1CCCN(c2noc([C@@H]3CCCNC3)n2)CC1. The molecule has 1 aromatic heterocycles. The van der Waals surface area contributed by atoms with Crippen LogP contribution in [0.1, 0.15) is 50.3 Å². The number of hydrogen-bond donors (Lipinski definition) is 1. The highest BCUT2D eigenvalue weighted by atomic mass is 16.5. The minimum Gasteiger partial charge on any atom is -0.338 e. The lowest BCUT2D eigenvalue weighted by atomic mass is 10.00. The average molecular weight is 250 g/mol. The predicted molar refractivity (Wildman–Crippen MR) is 69.8 cm³/mol. The molecule has 5 nitrogen and oxygen atoms in total. The monoisotopic (exact) mass is 250 g/mol. The van der Waals surface area contributed by atoms with E-state index in [4.69, 9.17) is 4.52 Å². The first-order valence-corrected chi connectivity index (χ1v) is 7.23. The van der Waals surface area contributed by atoms with Gasteiger partial charge >= 0.3 is 0 Å². The van der Waals surface area contributed by atoms with Crippen LogP contribution in [0.4, 0.5) is 5.95 Å². The van der Waals surface area contributed by atoms with Crippen molar-refractivity contribution in [3.05, 3.63) is 5.89 Å². The van der Waals surface area contributed by atoms with Crippen LogP contribution in [0.25, 0.3) is 0 Å². The van der Waals surface area contributed by atoms with E-state index in [9.17, 15) is 0 Å². The Balaban J connectivity index is 1.67. The van der Waals surface area contributed by atoms with Gasteiger partial charge in [-0.1, -0.05) is 12.8 Å². The van der Waals surface area contributed by atoms with Crippen molar-refractivity contribution < 1.29 is 4.52 Å². The molecule has 0 unspecified atom stereocenters. The molecule has 0 radical (unpaired) electrons. The van der Waals surface area contributed by atoms with Crippen molar-refractivity contribution in [2.75, 3.05) is 31.1 Å². The summed E-state index contributed by atoms with van der Waals surface area (Å²) in [5.41, 5.74) is 0. The summed E-state index contributed by atoms with van der Waals surface area (Å²) in [5, 5.41) is 7.56. The average Bonchev–Trinajstić information content (AvgIpc) is 2.76. The number of rotatable bonds is 2. The summed E-state index contributed by atoms with van der Waals surface area (Å²) in [7, 11) is 0. The van der Waals surface area contributed by atoms with Crippen LogP contribution in [0.15, 0.2) is 4.52 Å². The molecule has 2 aliphatic rings. The maximum Gasteiger partial charge on any atom is 0.266 e. The molecule has 1 atom stereocenters. The first-order valence-electron chi connectivity index (χ1n) is 7.23. The second-order valence-electron chi connectivity index (χ2n) is 5.38. The molecular formula is C13H22N4O. The maximum atomic E-state index is 5.46. The van der Waals surface area contributed by atoms with Gasteiger partial charge in [0.15, 0.2) is 0 Å². The number of piperidine rings is 1. The number of hydrogen-bond acceptors (Lipinski definition) is 5. The minimum atomic E-state index is 0.409. The molecule has 0 saturated carbocycles. The van der Waals surface area contributed by atoms with Crippen LogP contribution in [0.3, 0.4) is 0 Å². The molecule has 3 rings (SSSR count). The zero-order valence-corrected chi connectivity index (χ0v) is 10.9. The zero-order chi connectivity index (χ0) is 12.2. The van der Waals surface area contributed by atoms with Crippen LogP contribution in [-0.4, -0.2) is 36.3 Å². The molecule has 1 aromatic rings. The molecule has 18 heavy (non-hydrogen) atoms. The topological polar surface area (TPSA) is 54.2 Å². The summed E-state index contributed by atoms with van der Waals surface area (Å²) in [4.78, 5) is 6.88. The molecule has 0 bridgehead atoms. The fourth-order valence-corrected chi connectivity index (χ4v) is 2.85. The lowest BCUT2D eigenvalue weighted by Crippen LogP contribution is -2.28. The summed E-state index contributed by atoms with van der Waals surface area (Å²) in [6.45, 7) is 4.23. The van der Waals surface area contributed by atoms with Gasteiger partial charge in [0, 0.05) is 19.6 Å². The first-order chi connectivity index (χ1) is 8.93. The van der Waals surface area contributed by atoms with Gasteiger partial charge in [-0.15, -0.1) is 0 Å². The van der Waals surface area contributed by atoms with Crippen LogP contribution in [-0.2, 0) is 0 Å². The molecular weight excluding hydrogens is 228 g/mol. The molecule has 3 heterocycles. The van der Waals surface area contributed by atoms with Gasteiger partial charge in [0.1, 0.15) is 0 Å². The van der Waals surface area contributed by atoms with Crippen molar-refractivity contribution in [2.45, 2.75) is 44.4 Å². The second-order valence-corrected chi connectivity index (χ2v) is 5.38. The van der Waals surface area contributed by atoms with E-state index in [0.29, 0.717) is 5.92 Å². The Morgan fingerprint density at radius 3 is 2.67 bits per heavy atom. The summed E-state index contributed by atoms with van der Waals surface area (Å²) < 4.78 is 5.46. The Hall–Kier alpha value is -1.10. The van der Waals surface area contributed by atoms with E-state index in [-0.39, 0.29) is 0 Å². The lowest BCUT2D eigenvalue weighted by Gasteiger charge is -2.19. The van der Waals surface area contributed by atoms with Crippen molar-refractivity contribution in [2.24, 2.45) is 0 Å². The Bertz CT molecular complexity index is 365. The molecule has 0 amide bonds. The van der Waals surface area contributed by atoms with E-state index in [1.807, 2.05) is 0 Å². The smallest absolute Gasteiger partial charge is 0.266 e. The highest BCUT2D eigenvalue weighted by Crippen LogP contribution is 2.24. The summed E-state index contributed by atoms with van der Waals surface area (Å²) >= 11 is 0. The number of anilines is 1. The van der Waals surface area contributed by atoms with Crippen molar-refractivity contribution in [1.82, 2.24) is 15.5 Å². The van der Waals surface area contributed by atoms with E-state index in [1.165, 1.54) is 32.1 Å². The number of nitrogens with zero attached hydrogens (tertiary/aromatic N) is 3. The molecule has 1 N–H and O–H groups in total. The standard InChI is InChI=1S/C13H22N4O/c1-2-4-9-17(8-3-1)13-15-12(18-16-13)11-6-5-7-14-10-11/h11,14H,1-10H2/t11-/m1/s1. The molecule has 2 aliphatic heterocycles. The van der Waals surface area contributed by atoms with E-state index in [1.54, 1.807) is 0 Å². The van der Waals surface area contributed by atoms with Crippen molar-refractivity contribution >= 4 is 5.95 Å². The van der Waals surface area contributed by atoms with E-state index >= 15 is 0 Å². The van der Waals surface area contributed by atoms with Gasteiger partial charge in [-0.05, 0) is 37.4 Å². The van der Waals surface area contributed by atoms with Crippen LogP contribution in [0, 0.1) is 0 Å². The summed E-state index contributed by atoms with van der Waals surface area (Å²) in [5.74, 6) is 2.03. The van der Waals surface area contributed by atoms with E-state index < -0.39 is 0 Å². The van der Waals surface area contributed by atoms with Gasteiger partial charge in [-0.25, -0.2) is 0 Å². The fourth-order valence-electron chi connectivity index (χ4n) is 2.85. The summed E-state index contributed by atoms with van der Waals surface area (Å²) in [6.07, 6.45) is 7.51. The van der Waals surface area contributed by atoms with Gasteiger partial charge < -0.3 is 14.7 Å². The van der Waals surface area contributed by atoms with Gasteiger partial charge in [0.25, 0.3) is 5.95 Å². The van der Waals surface area contributed by atoms with Gasteiger partial charge in [-0.3, -0.25) is 0 Å². The van der Waals surface area contributed by atoms with Crippen molar-refractivity contribution in [3.63, 3.8) is 0 Å². The lowest BCUT2D eigenvalue weighted by molar-refractivity contribution is 0.322. The molecule has 0 spiro atoms. The van der Waals surface area contributed by atoms with Gasteiger partial charge in [0.2, 0.25) is 5.89 Å². The summed E-state index contributed by atoms with van der Waals surface area (Å²) in [6, 6.07) is 0. The molecule has 100 valence electrons. The molecule has 2 saturated heterocycles. The van der Waals surface area contributed by atoms with Crippen LogP contribution in [0.2, 0.25) is 0 Å². The van der Waals surface area contributed by atoms with E-state index in [2.05, 4.69) is 20.4 Å². The van der Waals surface area contributed by atoms with Crippen LogP contribution < -0.4 is 10.2 Å². The quantitative estimate of drug-likeness (QED) is 0.869. The third-order valence-corrected chi connectivity index (χ3v) is 3.97. The first kappa shape index (κ1) is 12.0. The Morgan fingerprint density at radius 1 is 1.11 bits per heavy atom. The van der Waals surface area contributed by atoms with Gasteiger partial charge in [-0.2, -0.15) is 4.98 Å². The third kappa shape index (κ3) is 2.66. The Kier molecular flexibility index (Phi) is 3.78. The van der Waals surface area contributed by atoms with E-state index in [0.717, 1.165) is 44.4 Å². The number of nitrogens with one attached hydrogen (secondary N) is 1. The Labute approximate surface area is 108 Å². The molecule has 5 heteroatoms. The third-order valence-electron chi connectivity index (χ3n) is 3.97. The molecule has 0 aliphatic carbocycles. The highest BCUT2D eigenvalue weighted by molar-refractivity contribution is 5.28. The second kappa shape index (κ2) is 5.69. The van der Waals surface area contributed by atoms with Crippen LogP contribution >= 0.6 is 0 Å². The van der Waals surface area contributed by atoms with Crippen LogP contribution in [0.5, 0.6) is 0 Å². The number of aromatic nitrogens is 2. The van der Waals surface area contributed by atoms with Crippen molar-refractivity contribution in [1.29, 1.82) is 0 Å². The van der Waals surface area contributed by atoms with Crippen molar-refractivity contribution in [3.8, 4) is 0 Å².